The van der Waals surface area contributed by atoms with Crippen molar-refractivity contribution in [3.8, 4) is 5.75 Å². The summed E-state index contributed by atoms with van der Waals surface area (Å²) in [6.45, 7) is 0. The molecule has 0 amide bonds. The SMILES string of the molecule is N=C(N)NC(Cl)(Cl)C(=O)Oc1ccccc1. The van der Waals surface area contributed by atoms with Gasteiger partial charge in [0.2, 0.25) is 0 Å². The first-order chi connectivity index (χ1) is 7.42. The molecule has 0 aliphatic heterocycles. The highest BCUT2D eigenvalue weighted by molar-refractivity contribution is 6.57. The van der Waals surface area contributed by atoms with Gasteiger partial charge in [0, 0.05) is 0 Å². The van der Waals surface area contributed by atoms with Gasteiger partial charge in [-0.1, -0.05) is 41.4 Å². The third-order valence-electron chi connectivity index (χ3n) is 1.50. The van der Waals surface area contributed by atoms with Gasteiger partial charge in [0.1, 0.15) is 5.75 Å². The van der Waals surface area contributed by atoms with Crippen molar-refractivity contribution in [2.24, 2.45) is 5.73 Å². The maximum Gasteiger partial charge on any atom is 0.369 e. The molecule has 1 aromatic rings. The van der Waals surface area contributed by atoms with E-state index < -0.39 is 16.4 Å². The van der Waals surface area contributed by atoms with Crippen LogP contribution in [0.1, 0.15) is 0 Å². The normalized spacial score (nSPS) is 10.6. The number of esters is 1. The second-order valence-corrected chi connectivity index (χ2v) is 4.14. The standard InChI is InChI=1S/C9H9Cl2N3O2/c10-9(11,14-8(12)13)7(15)16-6-4-2-1-3-5-6/h1-5H,(H4,12,13,14). The largest absolute Gasteiger partial charge is 0.423 e. The molecule has 86 valence electrons. The molecule has 1 rings (SSSR count). The molecule has 0 saturated heterocycles. The van der Waals surface area contributed by atoms with E-state index >= 15 is 0 Å². The number of nitrogens with one attached hydrogen (secondary N) is 2. The van der Waals surface area contributed by atoms with Crippen LogP contribution in [0.2, 0.25) is 0 Å². The van der Waals surface area contributed by atoms with Gasteiger partial charge in [-0.15, -0.1) is 0 Å². The zero-order valence-corrected chi connectivity index (χ0v) is 9.55. The zero-order chi connectivity index (χ0) is 12.2. The third-order valence-corrected chi connectivity index (χ3v) is 2.00. The fourth-order valence-corrected chi connectivity index (χ4v) is 1.16. The molecule has 1 aromatic carbocycles. The number of rotatable bonds is 3. The van der Waals surface area contributed by atoms with Crippen LogP contribution < -0.4 is 15.8 Å². The Labute approximate surface area is 102 Å². The number of nitrogens with two attached hydrogens (primary N) is 1. The molecular formula is C9H9Cl2N3O2. The van der Waals surface area contributed by atoms with Gasteiger partial charge < -0.3 is 15.8 Å². The summed E-state index contributed by atoms with van der Waals surface area (Å²) >= 11 is 11.2. The van der Waals surface area contributed by atoms with Crippen LogP contribution >= 0.6 is 23.2 Å². The summed E-state index contributed by atoms with van der Waals surface area (Å²) in [5.41, 5.74) is 5.01. The zero-order valence-electron chi connectivity index (χ0n) is 8.04. The van der Waals surface area contributed by atoms with E-state index in [-0.39, 0.29) is 0 Å². The number of benzene rings is 1. The number of hydrogen-bond acceptors (Lipinski definition) is 3. The lowest BCUT2D eigenvalue weighted by atomic mass is 10.3. The van der Waals surface area contributed by atoms with E-state index in [0.717, 1.165) is 0 Å². The van der Waals surface area contributed by atoms with E-state index in [9.17, 15) is 4.79 Å². The third kappa shape index (κ3) is 3.60. The smallest absolute Gasteiger partial charge is 0.369 e. The van der Waals surface area contributed by atoms with E-state index in [4.69, 9.17) is 39.1 Å². The van der Waals surface area contributed by atoms with Crippen LogP contribution in [-0.2, 0) is 4.79 Å². The van der Waals surface area contributed by atoms with Gasteiger partial charge in [-0.3, -0.25) is 5.41 Å². The van der Waals surface area contributed by atoms with Crippen molar-refractivity contribution in [3.05, 3.63) is 30.3 Å². The predicted molar refractivity (Wildman–Crippen MR) is 61.6 cm³/mol. The molecule has 16 heavy (non-hydrogen) atoms. The van der Waals surface area contributed by atoms with Crippen molar-refractivity contribution in [1.82, 2.24) is 5.32 Å². The monoisotopic (exact) mass is 261 g/mol. The molecule has 0 spiro atoms. The highest BCUT2D eigenvalue weighted by atomic mass is 35.5. The lowest BCUT2D eigenvalue weighted by molar-refractivity contribution is -0.135. The maximum atomic E-state index is 11.5. The fraction of sp³-hybridized carbons (Fsp3) is 0.111. The van der Waals surface area contributed by atoms with Crippen molar-refractivity contribution >= 4 is 35.1 Å². The first-order valence-electron chi connectivity index (χ1n) is 4.19. The van der Waals surface area contributed by atoms with Crippen LogP contribution in [0, 0.1) is 5.41 Å². The quantitative estimate of drug-likeness (QED) is 0.191. The average molecular weight is 262 g/mol. The van der Waals surface area contributed by atoms with Crippen molar-refractivity contribution in [1.29, 1.82) is 5.41 Å². The summed E-state index contributed by atoms with van der Waals surface area (Å²) in [7, 11) is 0. The highest BCUT2D eigenvalue weighted by Crippen LogP contribution is 2.20. The minimum atomic E-state index is -2.08. The molecule has 4 N–H and O–H groups in total. The number of halogens is 2. The molecule has 0 aliphatic carbocycles. The summed E-state index contributed by atoms with van der Waals surface area (Å²) in [5, 5.41) is 8.97. The van der Waals surface area contributed by atoms with Crippen LogP contribution in [0.25, 0.3) is 0 Å². The second kappa shape index (κ2) is 5.05. The van der Waals surface area contributed by atoms with Crippen LogP contribution in [0.15, 0.2) is 30.3 Å². The molecule has 0 aliphatic rings. The summed E-state index contributed by atoms with van der Waals surface area (Å²) in [4.78, 5) is 11.5. The van der Waals surface area contributed by atoms with Crippen molar-refractivity contribution < 1.29 is 9.53 Å². The lowest BCUT2D eigenvalue weighted by Gasteiger charge is -2.18. The van der Waals surface area contributed by atoms with E-state index in [2.05, 4.69) is 5.32 Å². The fourth-order valence-electron chi connectivity index (χ4n) is 0.880. The first-order valence-corrected chi connectivity index (χ1v) is 4.95. The Morgan fingerprint density at radius 3 is 2.44 bits per heavy atom. The van der Waals surface area contributed by atoms with Gasteiger partial charge in [-0.25, -0.2) is 4.79 Å². The number of hydrogen-bond donors (Lipinski definition) is 3. The number of ether oxygens (including phenoxy) is 1. The number of carbonyl (C=O) groups excluding carboxylic acids is 1. The second-order valence-electron chi connectivity index (χ2n) is 2.82. The Morgan fingerprint density at radius 1 is 1.38 bits per heavy atom. The van der Waals surface area contributed by atoms with E-state index in [1.165, 1.54) is 0 Å². The Balaban J connectivity index is 2.68. The molecule has 0 bridgehead atoms. The predicted octanol–water partition coefficient (Wildman–Crippen LogP) is 1.21. The van der Waals surface area contributed by atoms with Crippen molar-refractivity contribution in [2.75, 3.05) is 0 Å². The van der Waals surface area contributed by atoms with Crippen LogP contribution in [0.4, 0.5) is 0 Å². The summed E-state index contributed by atoms with van der Waals surface area (Å²) in [5.74, 6) is -1.20. The van der Waals surface area contributed by atoms with Crippen molar-refractivity contribution in [2.45, 2.75) is 4.46 Å². The van der Waals surface area contributed by atoms with E-state index in [0.29, 0.717) is 5.75 Å². The summed E-state index contributed by atoms with van der Waals surface area (Å²) in [6.07, 6.45) is 0. The van der Waals surface area contributed by atoms with Crippen LogP contribution in [0.5, 0.6) is 5.75 Å². The topological polar surface area (TPSA) is 88.2 Å². The molecule has 0 saturated carbocycles. The number of guanidine groups is 1. The minimum Gasteiger partial charge on any atom is -0.423 e. The van der Waals surface area contributed by atoms with E-state index in [1.807, 2.05) is 0 Å². The Morgan fingerprint density at radius 2 is 1.94 bits per heavy atom. The molecule has 0 fully saturated rings. The van der Waals surface area contributed by atoms with Crippen molar-refractivity contribution in [3.63, 3.8) is 0 Å². The Kier molecular flexibility index (Phi) is 3.98. The van der Waals surface area contributed by atoms with Gasteiger partial charge in [0.15, 0.2) is 5.96 Å². The van der Waals surface area contributed by atoms with Gasteiger partial charge in [0.25, 0.3) is 4.46 Å². The van der Waals surface area contributed by atoms with Gasteiger partial charge >= 0.3 is 5.97 Å². The molecule has 0 heterocycles. The minimum absolute atomic E-state index is 0.295. The summed E-state index contributed by atoms with van der Waals surface area (Å²) < 4.78 is 2.78. The van der Waals surface area contributed by atoms with Crippen LogP contribution in [0.3, 0.4) is 0 Å². The number of carbonyl (C=O) groups is 1. The highest BCUT2D eigenvalue weighted by Gasteiger charge is 2.36. The molecule has 0 atom stereocenters. The molecule has 0 aromatic heterocycles. The van der Waals surface area contributed by atoms with E-state index in [1.54, 1.807) is 30.3 Å². The number of alkyl halides is 2. The molecular weight excluding hydrogens is 253 g/mol. The summed E-state index contributed by atoms with van der Waals surface area (Å²) in [6, 6.07) is 8.27. The Hall–Kier alpha value is -1.46. The Bertz CT molecular complexity index is 395. The van der Waals surface area contributed by atoms with Gasteiger partial charge in [0.05, 0.1) is 0 Å². The number of para-hydroxylation sites is 1. The van der Waals surface area contributed by atoms with Gasteiger partial charge in [-0.05, 0) is 12.1 Å². The first kappa shape index (κ1) is 12.6. The average Bonchev–Trinajstić information content (AvgIpc) is 2.17. The maximum absolute atomic E-state index is 11.5. The van der Waals surface area contributed by atoms with Crippen LogP contribution in [-0.4, -0.2) is 16.4 Å². The molecule has 0 unspecified atom stereocenters. The molecule has 5 nitrogen and oxygen atoms in total. The molecule has 0 radical (unpaired) electrons. The lowest BCUT2D eigenvalue weighted by Crippen LogP contribution is -2.50. The van der Waals surface area contributed by atoms with Gasteiger partial charge in [-0.2, -0.15) is 0 Å². The molecule has 7 heteroatoms.